The molecule has 0 aliphatic heterocycles. The molecule has 2 heterocycles. The summed E-state index contributed by atoms with van der Waals surface area (Å²) in [5, 5.41) is 6.39. The summed E-state index contributed by atoms with van der Waals surface area (Å²) >= 11 is 0. The first-order chi connectivity index (χ1) is 8.25. The Morgan fingerprint density at radius 2 is 2.00 bits per heavy atom. The first-order valence-corrected chi connectivity index (χ1v) is 5.26. The minimum atomic E-state index is 0.384. The Morgan fingerprint density at radius 1 is 1.18 bits per heavy atom. The first-order valence-electron chi connectivity index (χ1n) is 5.26. The Labute approximate surface area is 97.9 Å². The lowest BCUT2D eigenvalue weighted by atomic mass is 10.1. The smallest absolute Gasteiger partial charge is 0.218 e. The van der Waals surface area contributed by atoms with E-state index in [0.717, 1.165) is 16.5 Å². The molecule has 0 fully saturated rings. The predicted molar refractivity (Wildman–Crippen MR) is 66.2 cm³/mol. The van der Waals surface area contributed by atoms with Gasteiger partial charge in [0.2, 0.25) is 11.8 Å². The summed E-state index contributed by atoms with van der Waals surface area (Å²) in [6.45, 7) is 0. The van der Waals surface area contributed by atoms with E-state index in [1.54, 1.807) is 17.9 Å². The molecule has 0 saturated heterocycles. The highest BCUT2D eigenvalue weighted by Crippen LogP contribution is 2.23. The largest absolute Gasteiger partial charge is 0.368 e. The number of pyridine rings is 1. The first kappa shape index (κ1) is 9.77. The van der Waals surface area contributed by atoms with Crippen LogP contribution in [0.3, 0.4) is 0 Å². The minimum absolute atomic E-state index is 0.384. The van der Waals surface area contributed by atoms with Gasteiger partial charge in [-0.2, -0.15) is 4.98 Å². The summed E-state index contributed by atoms with van der Waals surface area (Å²) in [4.78, 5) is 8.54. The molecule has 3 aromatic rings. The van der Waals surface area contributed by atoms with Gasteiger partial charge in [-0.05, 0) is 11.5 Å². The molecule has 17 heavy (non-hydrogen) atoms. The number of nitrogens with two attached hydrogens (primary N) is 1. The number of aromatic nitrogens is 4. The fourth-order valence-corrected chi connectivity index (χ4v) is 1.79. The van der Waals surface area contributed by atoms with Gasteiger partial charge in [-0.15, -0.1) is 5.10 Å². The molecule has 3 rings (SSSR count). The highest BCUT2D eigenvalue weighted by Gasteiger charge is 2.11. The van der Waals surface area contributed by atoms with Gasteiger partial charge in [0.05, 0.1) is 0 Å². The van der Waals surface area contributed by atoms with E-state index in [9.17, 15) is 0 Å². The molecular formula is C12H11N5. The summed E-state index contributed by atoms with van der Waals surface area (Å²) < 4.78 is 1.54. The number of hydrogen-bond acceptors (Lipinski definition) is 4. The Morgan fingerprint density at radius 3 is 2.76 bits per heavy atom. The van der Waals surface area contributed by atoms with E-state index in [1.165, 1.54) is 0 Å². The molecule has 0 aliphatic carbocycles. The molecule has 0 atom stereocenters. The predicted octanol–water partition coefficient (Wildman–Crippen LogP) is 1.61. The van der Waals surface area contributed by atoms with Gasteiger partial charge in [-0.25, -0.2) is 4.68 Å². The highest BCUT2D eigenvalue weighted by atomic mass is 15.4. The lowest BCUT2D eigenvalue weighted by Gasteiger charge is -2.00. The van der Waals surface area contributed by atoms with E-state index < -0.39 is 0 Å². The van der Waals surface area contributed by atoms with E-state index in [4.69, 9.17) is 5.73 Å². The Balaban J connectivity index is 2.30. The quantitative estimate of drug-likeness (QED) is 0.683. The van der Waals surface area contributed by atoms with Crippen molar-refractivity contribution in [1.82, 2.24) is 19.7 Å². The zero-order valence-corrected chi connectivity index (χ0v) is 9.33. The number of benzene rings is 1. The van der Waals surface area contributed by atoms with Gasteiger partial charge in [-0.3, -0.25) is 4.98 Å². The molecule has 0 saturated carbocycles. The number of rotatable bonds is 1. The van der Waals surface area contributed by atoms with Gasteiger partial charge in [-0.1, -0.05) is 24.3 Å². The molecule has 2 aromatic heterocycles. The molecule has 5 nitrogen and oxygen atoms in total. The number of anilines is 1. The SMILES string of the molecule is Cn1nc(-c2nccc3ccccc23)nc1N. The van der Waals surface area contributed by atoms with Crippen LogP contribution in [0, 0.1) is 0 Å². The van der Waals surface area contributed by atoms with Crippen LogP contribution in [0.25, 0.3) is 22.3 Å². The summed E-state index contributed by atoms with van der Waals surface area (Å²) in [5.74, 6) is 0.941. The number of fused-ring (bicyclic) bond motifs is 1. The Bertz CT molecular complexity index is 661. The van der Waals surface area contributed by atoms with Crippen LogP contribution in [-0.4, -0.2) is 19.7 Å². The van der Waals surface area contributed by atoms with Gasteiger partial charge in [0.1, 0.15) is 5.69 Å². The summed E-state index contributed by atoms with van der Waals surface area (Å²) in [5.41, 5.74) is 6.44. The third-order valence-corrected chi connectivity index (χ3v) is 2.68. The molecule has 0 bridgehead atoms. The van der Waals surface area contributed by atoms with Crippen LogP contribution >= 0.6 is 0 Å². The topological polar surface area (TPSA) is 69.6 Å². The van der Waals surface area contributed by atoms with Crippen molar-refractivity contribution in [2.75, 3.05) is 5.73 Å². The highest BCUT2D eigenvalue weighted by molar-refractivity contribution is 5.92. The number of nitrogen functional groups attached to an aromatic ring is 1. The summed E-state index contributed by atoms with van der Waals surface area (Å²) in [6, 6.07) is 9.97. The number of aryl methyl sites for hydroxylation is 1. The van der Waals surface area contributed by atoms with Gasteiger partial charge < -0.3 is 5.73 Å². The zero-order chi connectivity index (χ0) is 11.8. The third kappa shape index (κ3) is 1.52. The molecule has 0 aliphatic rings. The molecule has 2 N–H and O–H groups in total. The molecule has 0 amide bonds. The average molecular weight is 225 g/mol. The molecule has 0 unspecified atom stereocenters. The van der Waals surface area contributed by atoms with Crippen LogP contribution in [0.5, 0.6) is 0 Å². The van der Waals surface area contributed by atoms with Crippen molar-refractivity contribution < 1.29 is 0 Å². The van der Waals surface area contributed by atoms with Crippen LogP contribution in [0.4, 0.5) is 5.95 Å². The molecule has 0 spiro atoms. The maximum absolute atomic E-state index is 5.68. The van der Waals surface area contributed by atoms with E-state index >= 15 is 0 Å². The second-order valence-electron chi connectivity index (χ2n) is 3.80. The van der Waals surface area contributed by atoms with Crippen molar-refractivity contribution in [3.8, 4) is 11.5 Å². The van der Waals surface area contributed by atoms with Gasteiger partial charge in [0.15, 0.2) is 0 Å². The van der Waals surface area contributed by atoms with Crippen molar-refractivity contribution in [3.05, 3.63) is 36.5 Å². The lowest BCUT2D eigenvalue weighted by molar-refractivity contribution is 0.780. The number of nitrogens with zero attached hydrogens (tertiary/aromatic N) is 4. The van der Waals surface area contributed by atoms with Crippen molar-refractivity contribution >= 4 is 16.7 Å². The zero-order valence-electron chi connectivity index (χ0n) is 9.33. The standard InChI is InChI=1S/C12H11N5/c1-17-12(13)15-11(16-17)10-9-5-3-2-4-8(9)6-7-14-10/h2-7H,1H3,(H2,13,15,16). The Hall–Kier alpha value is -2.43. The summed E-state index contributed by atoms with van der Waals surface area (Å²) in [6.07, 6.45) is 1.75. The van der Waals surface area contributed by atoms with E-state index in [1.807, 2.05) is 30.3 Å². The second kappa shape index (κ2) is 3.55. The molecule has 0 radical (unpaired) electrons. The third-order valence-electron chi connectivity index (χ3n) is 2.68. The van der Waals surface area contributed by atoms with E-state index in [2.05, 4.69) is 15.1 Å². The van der Waals surface area contributed by atoms with Crippen molar-refractivity contribution in [2.24, 2.45) is 7.05 Å². The normalized spacial score (nSPS) is 10.9. The molecule has 84 valence electrons. The maximum atomic E-state index is 5.68. The molecular weight excluding hydrogens is 214 g/mol. The van der Waals surface area contributed by atoms with Crippen LogP contribution in [0.1, 0.15) is 0 Å². The second-order valence-corrected chi connectivity index (χ2v) is 3.80. The van der Waals surface area contributed by atoms with E-state index in [0.29, 0.717) is 11.8 Å². The van der Waals surface area contributed by atoms with Crippen molar-refractivity contribution in [3.63, 3.8) is 0 Å². The van der Waals surface area contributed by atoms with Crippen LogP contribution < -0.4 is 5.73 Å². The fourth-order valence-electron chi connectivity index (χ4n) is 1.79. The molecule has 5 heteroatoms. The van der Waals surface area contributed by atoms with Crippen LogP contribution in [0.2, 0.25) is 0 Å². The van der Waals surface area contributed by atoms with Gasteiger partial charge in [0.25, 0.3) is 0 Å². The van der Waals surface area contributed by atoms with Crippen molar-refractivity contribution in [2.45, 2.75) is 0 Å². The lowest BCUT2D eigenvalue weighted by Crippen LogP contribution is -1.97. The monoisotopic (exact) mass is 225 g/mol. The summed E-state index contributed by atoms with van der Waals surface area (Å²) in [7, 11) is 1.76. The van der Waals surface area contributed by atoms with Gasteiger partial charge in [0, 0.05) is 18.6 Å². The fraction of sp³-hybridized carbons (Fsp3) is 0.0833. The Kier molecular flexibility index (Phi) is 2.04. The van der Waals surface area contributed by atoms with Crippen LogP contribution in [0.15, 0.2) is 36.5 Å². The van der Waals surface area contributed by atoms with Crippen LogP contribution in [-0.2, 0) is 7.05 Å². The number of hydrogen-bond donors (Lipinski definition) is 1. The van der Waals surface area contributed by atoms with Gasteiger partial charge >= 0.3 is 0 Å². The molecule has 1 aromatic carbocycles. The maximum Gasteiger partial charge on any atom is 0.218 e. The van der Waals surface area contributed by atoms with Crippen molar-refractivity contribution in [1.29, 1.82) is 0 Å². The van der Waals surface area contributed by atoms with E-state index in [-0.39, 0.29) is 0 Å². The minimum Gasteiger partial charge on any atom is -0.368 e. The average Bonchev–Trinajstić information content (AvgIpc) is 2.69.